The molecule has 0 aromatic carbocycles. The van der Waals surface area contributed by atoms with Gasteiger partial charge in [-0.15, -0.1) is 0 Å². The Morgan fingerprint density at radius 2 is 1.41 bits per heavy atom. The molecule has 1 aromatic heterocycles. The van der Waals surface area contributed by atoms with E-state index in [0.29, 0.717) is 5.76 Å². The summed E-state index contributed by atoms with van der Waals surface area (Å²) in [5, 5.41) is 0. The largest absolute Gasteiger partial charge is 0.519 e. The van der Waals surface area contributed by atoms with Gasteiger partial charge >= 0.3 is 5.82 Å². The van der Waals surface area contributed by atoms with E-state index in [-0.39, 0.29) is 5.41 Å². The minimum absolute atomic E-state index is 0.214. The second-order valence-electron chi connectivity index (χ2n) is 7.04. The predicted molar refractivity (Wildman–Crippen MR) is 91.3 cm³/mol. The summed E-state index contributed by atoms with van der Waals surface area (Å²) in [6.07, 6.45) is 13.5. The van der Waals surface area contributed by atoms with Crippen molar-refractivity contribution in [1.29, 1.82) is 0 Å². The van der Waals surface area contributed by atoms with Crippen LogP contribution in [0.2, 0.25) is 0 Å². The fourth-order valence-corrected chi connectivity index (χ4v) is 3.18. The molecule has 0 spiro atoms. The third-order valence-corrected chi connectivity index (χ3v) is 4.69. The Hall–Kier alpha value is -0.990. The molecule has 1 unspecified atom stereocenters. The second-order valence-corrected chi connectivity index (χ2v) is 7.04. The highest BCUT2D eigenvalue weighted by molar-refractivity contribution is 5.04. The minimum atomic E-state index is -0.564. The Bertz CT molecular complexity index is 457. The highest BCUT2D eigenvalue weighted by Crippen LogP contribution is 2.35. The predicted octanol–water partition coefficient (Wildman–Crippen LogP) is 6.03. The Kier molecular flexibility index (Phi) is 8.59. The van der Waals surface area contributed by atoms with Crippen molar-refractivity contribution in [3.63, 3.8) is 0 Å². The maximum atomic E-state index is 11.3. The van der Waals surface area contributed by atoms with Crippen LogP contribution in [-0.2, 0) is 6.42 Å². The molecule has 22 heavy (non-hydrogen) atoms. The molecule has 0 saturated heterocycles. The summed E-state index contributed by atoms with van der Waals surface area (Å²) in [4.78, 5) is 11.3. The standard InChI is InChI=1S/C19H34O3/c1-5-7-9-10-12-14-19(4,13-11-8-6-2)15-17-16(3)21-18(20)22-17/h5-15H2,1-4H3. The molecule has 128 valence electrons. The van der Waals surface area contributed by atoms with E-state index in [0.717, 1.165) is 12.2 Å². The molecule has 0 aliphatic heterocycles. The van der Waals surface area contributed by atoms with Crippen molar-refractivity contribution in [2.45, 2.75) is 98.3 Å². The fourth-order valence-electron chi connectivity index (χ4n) is 3.18. The van der Waals surface area contributed by atoms with Gasteiger partial charge in [0.25, 0.3) is 0 Å². The normalized spacial score (nSPS) is 14.2. The van der Waals surface area contributed by atoms with Crippen LogP contribution < -0.4 is 5.82 Å². The van der Waals surface area contributed by atoms with Gasteiger partial charge in [-0.1, -0.05) is 72.1 Å². The summed E-state index contributed by atoms with van der Waals surface area (Å²) in [6, 6.07) is 0. The summed E-state index contributed by atoms with van der Waals surface area (Å²) in [5.41, 5.74) is 0.214. The lowest BCUT2D eigenvalue weighted by Crippen LogP contribution is -2.20. The molecule has 0 saturated carbocycles. The van der Waals surface area contributed by atoms with Gasteiger partial charge in [-0.2, -0.15) is 0 Å². The fraction of sp³-hybridized carbons (Fsp3) is 0.842. The van der Waals surface area contributed by atoms with Crippen molar-refractivity contribution in [2.24, 2.45) is 5.41 Å². The Morgan fingerprint density at radius 1 is 0.864 bits per heavy atom. The third kappa shape index (κ3) is 6.85. The molecule has 3 heteroatoms. The maximum Gasteiger partial charge on any atom is 0.519 e. The van der Waals surface area contributed by atoms with Gasteiger partial charge in [0.1, 0.15) is 11.5 Å². The Balaban J connectivity index is 2.60. The van der Waals surface area contributed by atoms with Gasteiger partial charge in [-0.3, -0.25) is 0 Å². The van der Waals surface area contributed by atoms with E-state index >= 15 is 0 Å². The van der Waals surface area contributed by atoms with Crippen LogP contribution in [0.1, 0.15) is 96.5 Å². The average Bonchev–Trinajstić information content (AvgIpc) is 2.77. The zero-order valence-corrected chi connectivity index (χ0v) is 15.0. The van der Waals surface area contributed by atoms with Crippen molar-refractivity contribution in [3.05, 3.63) is 22.1 Å². The molecule has 1 heterocycles. The van der Waals surface area contributed by atoms with Crippen LogP contribution in [0, 0.1) is 12.3 Å². The van der Waals surface area contributed by atoms with E-state index in [4.69, 9.17) is 8.83 Å². The van der Waals surface area contributed by atoms with Gasteiger partial charge in [0.2, 0.25) is 0 Å². The van der Waals surface area contributed by atoms with Crippen LogP contribution in [0.4, 0.5) is 0 Å². The smallest absolute Gasteiger partial charge is 0.396 e. The first-order chi connectivity index (χ1) is 10.5. The highest BCUT2D eigenvalue weighted by atomic mass is 16.6. The Labute approximate surface area is 135 Å². The molecule has 0 bridgehead atoms. The van der Waals surface area contributed by atoms with Crippen LogP contribution in [0.25, 0.3) is 0 Å². The summed E-state index contributed by atoms with van der Waals surface area (Å²) in [6.45, 7) is 8.66. The Morgan fingerprint density at radius 3 is 1.95 bits per heavy atom. The lowest BCUT2D eigenvalue weighted by Gasteiger charge is -2.29. The summed E-state index contributed by atoms with van der Waals surface area (Å²) < 4.78 is 10.3. The van der Waals surface area contributed by atoms with E-state index in [2.05, 4.69) is 20.8 Å². The monoisotopic (exact) mass is 310 g/mol. The average molecular weight is 310 g/mol. The molecule has 0 N–H and O–H groups in total. The molecular weight excluding hydrogens is 276 g/mol. The van der Waals surface area contributed by atoms with Crippen molar-refractivity contribution in [3.8, 4) is 0 Å². The molecule has 0 amide bonds. The summed E-state index contributed by atoms with van der Waals surface area (Å²) in [5.74, 6) is 0.835. The first-order valence-corrected chi connectivity index (χ1v) is 9.10. The quantitative estimate of drug-likeness (QED) is 0.443. The first kappa shape index (κ1) is 19.1. The van der Waals surface area contributed by atoms with Crippen LogP contribution >= 0.6 is 0 Å². The lowest BCUT2D eigenvalue weighted by molar-refractivity contribution is 0.230. The van der Waals surface area contributed by atoms with Gasteiger partial charge in [-0.05, 0) is 25.2 Å². The van der Waals surface area contributed by atoms with Crippen molar-refractivity contribution >= 4 is 0 Å². The van der Waals surface area contributed by atoms with E-state index in [1.165, 1.54) is 64.2 Å². The van der Waals surface area contributed by atoms with Gasteiger partial charge in [-0.25, -0.2) is 4.79 Å². The zero-order chi connectivity index (χ0) is 16.4. The van der Waals surface area contributed by atoms with Crippen molar-refractivity contribution in [1.82, 2.24) is 0 Å². The van der Waals surface area contributed by atoms with Crippen LogP contribution in [0.5, 0.6) is 0 Å². The molecule has 3 nitrogen and oxygen atoms in total. The topological polar surface area (TPSA) is 43.4 Å². The third-order valence-electron chi connectivity index (χ3n) is 4.69. The lowest BCUT2D eigenvalue weighted by atomic mass is 9.76. The van der Waals surface area contributed by atoms with Crippen LogP contribution in [-0.4, -0.2) is 0 Å². The zero-order valence-electron chi connectivity index (χ0n) is 15.0. The van der Waals surface area contributed by atoms with Gasteiger partial charge in [0.05, 0.1) is 0 Å². The number of hydrogen-bond acceptors (Lipinski definition) is 3. The molecular formula is C19H34O3. The molecule has 0 aliphatic rings. The molecule has 0 radical (unpaired) electrons. The van der Waals surface area contributed by atoms with E-state index in [1.807, 2.05) is 6.92 Å². The van der Waals surface area contributed by atoms with Gasteiger partial charge in [0.15, 0.2) is 0 Å². The van der Waals surface area contributed by atoms with Crippen molar-refractivity contribution in [2.75, 3.05) is 0 Å². The van der Waals surface area contributed by atoms with E-state index in [9.17, 15) is 4.79 Å². The van der Waals surface area contributed by atoms with Gasteiger partial charge in [0, 0.05) is 6.42 Å². The number of rotatable bonds is 12. The molecule has 1 rings (SSSR count). The summed E-state index contributed by atoms with van der Waals surface area (Å²) in [7, 11) is 0. The van der Waals surface area contributed by atoms with Gasteiger partial charge < -0.3 is 8.83 Å². The molecule has 1 aromatic rings. The van der Waals surface area contributed by atoms with E-state index in [1.54, 1.807) is 0 Å². The SMILES string of the molecule is CCCCCCCC(C)(CCCCC)Cc1oc(=O)oc1C. The second kappa shape index (κ2) is 9.91. The van der Waals surface area contributed by atoms with Crippen LogP contribution in [0.3, 0.4) is 0 Å². The van der Waals surface area contributed by atoms with Crippen LogP contribution in [0.15, 0.2) is 13.6 Å². The minimum Gasteiger partial charge on any atom is -0.396 e. The molecule has 0 fully saturated rings. The number of aryl methyl sites for hydroxylation is 1. The number of unbranched alkanes of at least 4 members (excludes halogenated alkanes) is 6. The maximum absolute atomic E-state index is 11.3. The van der Waals surface area contributed by atoms with E-state index < -0.39 is 5.82 Å². The highest BCUT2D eigenvalue weighted by Gasteiger charge is 2.27. The number of hydrogen-bond donors (Lipinski definition) is 0. The first-order valence-electron chi connectivity index (χ1n) is 9.10. The molecule has 0 aliphatic carbocycles. The summed E-state index contributed by atoms with van der Waals surface area (Å²) >= 11 is 0. The van der Waals surface area contributed by atoms with Crippen molar-refractivity contribution < 1.29 is 8.83 Å². The molecule has 1 atom stereocenters.